The average molecular weight is 277 g/mol. The van der Waals surface area contributed by atoms with Gasteiger partial charge in [-0.2, -0.15) is 0 Å². The first-order valence-electron chi connectivity index (χ1n) is 7.15. The van der Waals surface area contributed by atoms with Gasteiger partial charge in [0.25, 0.3) is 0 Å². The predicted molar refractivity (Wildman–Crippen MR) is 86.1 cm³/mol. The number of aromatic nitrogens is 1. The highest BCUT2D eigenvalue weighted by atomic mass is 16.3. The number of rotatable bonds is 2. The summed E-state index contributed by atoms with van der Waals surface area (Å²) in [4.78, 5) is 4.16. The van der Waals surface area contributed by atoms with Crippen LogP contribution in [0.3, 0.4) is 0 Å². The van der Waals surface area contributed by atoms with E-state index in [1.54, 1.807) is 12.5 Å². The molecule has 0 saturated heterocycles. The number of hydrogen-bond donors (Lipinski definition) is 0. The zero-order valence-electron chi connectivity index (χ0n) is 12.6. The summed E-state index contributed by atoms with van der Waals surface area (Å²) in [5.41, 5.74) is 4.96. The molecule has 2 aromatic carbocycles. The van der Waals surface area contributed by atoms with E-state index in [1.807, 2.05) is 12.1 Å². The molecule has 0 aliphatic heterocycles. The van der Waals surface area contributed by atoms with E-state index in [1.165, 1.54) is 16.7 Å². The van der Waals surface area contributed by atoms with Crippen molar-refractivity contribution < 1.29 is 4.42 Å². The van der Waals surface area contributed by atoms with Crippen molar-refractivity contribution in [3.63, 3.8) is 0 Å². The lowest BCUT2D eigenvalue weighted by atomic mass is 9.86. The van der Waals surface area contributed by atoms with E-state index in [2.05, 4.69) is 62.2 Å². The number of oxazole rings is 1. The first-order valence-corrected chi connectivity index (χ1v) is 7.15. The maximum atomic E-state index is 5.31. The Morgan fingerprint density at radius 1 is 0.762 bits per heavy atom. The largest absolute Gasteiger partial charge is 0.445 e. The molecular weight excluding hydrogens is 258 g/mol. The molecule has 2 heteroatoms. The van der Waals surface area contributed by atoms with E-state index in [-0.39, 0.29) is 5.41 Å². The molecule has 3 aromatic rings. The Balaban J connectivity index is 1.87. The fourth-order valence-electron chi connectivity index (χ4n) is 2.33. The molecule has 0 radical (unpaired) electrons. The summed E-state index contributed by atoms with van der Waals surface area (Å²) in [6, 6.07) is 17.1. The summed E-state index contributed by atoms with van der Waals surface area (Å²) in [5.74, 6) is 0.657. The van der Waals surface area contributed by atoms with E-state index < -0.39 is 0 Å². The van der Waals surface area contributed by atoms with Crippen LogP contribution in [-0.4, -0.2) is 4.98 Å². The fraction of sp³-hybridized carbons (Fsp3) is 0.211. The van der Waals surface area contributed by atoms with Crippen LogP contribution < -0.4 is 0 Å². The molecule has 0 fully saturated rings. The maximum Gasteiger partial charge on any atom is 0.225 e. The molecule has 0 unspecified atom stereocenters. The van der Waals surface area contributed by atoms with Gasteiger partial charge >= 0.3 is 0 Å². The molecule has 0 atom stereocenters. The lowest BCUT2D eigenvalue weighted by Gasteiger charge is -2.19. The molecule has 2 nitrogen and oxygen atoms in total. The third-order valence-corrected chi connectivity index (χ3v) is 3.65. The first kappa shape index (κ1) is 13.6. The van der Waals surface area contributed by atoms with Gasteiger partial charge in [0.15, 0.2) is 0 Å². The molecule has 1 aromatic heterocycles. The Bertz CT molecular complexity index is 702. The summed E-state index contributed by atoms with van der Waals surface area (Å²) in [6.07, 6.45) is 3.25. The maximum absolute atomic E-state index is 5.31. The first-order chi connectivity index (χ1) is 10.0. The van der Waals surface area contributed by atoms with Crippen LogP contribution in [0.15, 0.2) is 65.4 Å². The molecular formula is C19H19NO. The number of nitrogens with zero attached hydrogens (tertiary/aromatic N) is 1. The summed E-state index contributed by atoms with van der Waals surface area (Å²) in [5, 5.41) is 0. The van der Waals surface area contributed by atoms with Crippen molar-refractivity contribution in [2.75, 3.05) is 0 Å². The number of hydrogen-bond acceptors (Lipinski definition) is 2. The molecule has 0 N–H and O–H groups in total. The van der Waals surface area contributed by atoms with Crippen LogP contribution in [0.1, 0.15) is 26.3 Å². The van der Waals surface area contributed by atoms with Crippen LogP contribution in [0.4, 0.5) is 0 Å². The second kappa shape index (κ2) is 5.21. The normalized spacial score (nSPS) is 11.6. The minimum atomic E-state index is 0.188. The van der Waals surface area contributed by atoms with Crippen molar-refractivity contribution >= 4 is 0 Å². The van der Waals surface area contributed by atoms with Gasteiger partial charge in [0.1, 0.15) is 6.26 Å². The fourth-order valence-corrected chi connectivity index (χ4v) is 2.33. The molecule has 0 aliphatic carbocycles. The van der Waals surface area contributed by atoms with E-state index in [0.29, 0.717) is 5.89 Å². The zero-order valence-corrected chi connectivity index (χ0v) is 12.6. The van der Waals surface area contributed by atoms with Gasteiger partial charge in [-0.1, -0.05) is 57.2 Å². The lowest BCUT2D eigenvalue weighted by molar-refractivity contribution is 0.574. The highest BCUT2D eigenvalue weighted by molar-refractivity contribution is 5.67. The van der Waals surface area contributed by atoms with E-state index >= 15 is 0 Å². The van der Waals surface area contributed by atoms with Crippen molar-refractivity contribution in [1.82, 2.24) is 4.98 Å². The van der Waals surface area contributed by atoms with Crippen molar-refractivity contribution in [1.29, 1.82) is 0 Å². The van der Waals surface area contributed by atoms with Crippen LogP contribution in [0.5, 0.6) is 0 Å². The Hall–Kier alpha value is -2.35. The van der Waals surface area contributed by atoms with Gasteiger partial charge < -0.3 is 4.42 Å². The van der Waals surface area contributed by atoms with Gasteiger partial charge in [0.2, 0.25) is 5.89 Å². The Morgan fingerprint density at radius 2 is 1.29 bits per heavy atom. The molecule has 0 bridgehead atoms. The second-order valence-electron chi connectivity index (χ2n) is 6.24. The molecule has 0 spiro atoms. The summed E-state index contributed by atoms with van der Waals surface area (Å²) in [7, 11) is 0. The van der Waals surface area contributed by atoms with Crippen molar-refractivity contribution in [2.45, 2.75) is 26.2 Å². The highest BCUT2D eigenvalue weighted by Crippen LogP contribution is 2.27. The zero-order chi connectivity index (χ0) is 14.9. The SMILES string of the molecule is CC(C)(C)c1ccc(-c2ccc(-c3ncco3)cc2)cc1. The van der Waals surface area contributed by atoms with Crippen LogP contribution >= 0.6 is 0 Å². The highest BCUT2D eigenvalue weighted by Gasteiger charge is 2.13. The molecule has 3 rings (SSSR count). The van der Waals surface area contributed by atoms with Crippen LogP contribution in [0.25, 0.3) is 22.6 Å². The minimum Gasteiger partial charge on any atom is -0.445 e. The summed E-state index contributed by atoms with van der Waals surface area (Å²) >= 11 is 0. The summed E-state index contributed by atoms with van der Waals surface area (Å²) < 4.78 is 5.31. The van der Waals surface area contributed by atoms with Gasteiger partial charge in [0.05, 0.1) is 6.20 Å². The molecule has 0 amide bonds. The Labute approximate surface area is 125 Å². The van der Waals surface area contributed by atoms with Crippen molar-refractivity contribution in [3.05, 3.63) is 66.6 Å². The monoisotopic (exact) mass is 277 g/mol. The third-order valence-electron chi connectivity index (χ3n) is 3.65. The topological polar surface area (TPSA) is 26.0 Å². The second-order valence-corrected chi connectivity index (χ2v) is 6.24. The Morgan fingerprint density at radius 3 is 1.76 bits per heavy atom. The molecule has 106 valence electrons. The van der Waals surface area contributed by atoms with Gasteiger partial charge in [-0.25, -0.2) is 4.98 Å². The molecule has 21 heavy (non-hydrogen) atoms. The third kappa shape index (κ3) is 2.89. The van der Waals surface area contributed by atoms with Crippen LogP contribution in [0.2, 0.25) is 0 Å². The van der Waals surface area contributed by atoms with Crippen LogP contribution in [-0.2, 0) is 5.41 Å². The number of benzene rings is 2. The smallest absolute Gasteiger partial charge is 0.225 e. The summed E-state index contributed by atoms with van der Waals surface area (Å²) in [6.45, 7) is 6.69. The Kier molecular flexibility index (Phi) is 3.38. The average Bonchev–Trinajstić information content (AvgIpc) is 3.01. The van der Waals surface area contributed by atoms with Crippen molar-refractivity contribution in [3.8, 4) is 22.6 Å². The molecule has 0 aliphatic rings. The quantitative estimate of drug-likeness (QED) is 0.634. The van der Waals surface area contributed by atoms with E-state index in [0.717, 1.165) is 5.56 Å². The lowest BCUT2D eigenvalue weighted by Crippen LogP contribution is -2.10. The van der Waals surface area contributed by atoms with Gasteiger partial charge in [-0.3, -0.25) is 0 Å². The standard InChI is InChI=1S/C19H19NO/c1-19(2,3)17-10-8-15(9-11-17)14-4-6-16(7-5-14)18-20-12-13-21-18/h4-13H,1-3H3. The van der Waals surface area contributed by atoms with Gasteiger partial charge in [-0.15, -0.1) is 0 Å². The van der Waals surface area contributed by atoms with E-state index in [4.69, 9.17) is 4.42 Å². The van der Waals surface area contributed by atoms with Gasteiger partial charge in [-0.05, 0) is 34.2 Å². The predicted octanol–water partition coefficient (Wildman–Crippen LogP) is 5.31. The molecule has 0 saturated carbocycles. The molecule has 1 heterocycles. The van der Waals surface area contributed by atoms with E-state index in [9.17, 15) is 0 Å². The van der Waals surface area contributed by atoms with Crippen molar-refractivity contribution in [2.24, 2.45) is 0 Å². The minimum absolute atomic E-state index is 0.188. The van der Waals surface area contributed by atoms with Crippen LogP contribution in [0, 0.1) is 0 Å². The van der Waals surface area contributed by atoms with Gasteiger partial charge in [0, 0.05) is 5.56 Å².